The zero-order chi connectivity index (χ0) is 8.27. The van der Waals surface area contributed by atoms with E-state index in [4.69, 9.17) is 5.26 Å². The zero-order valence-corrected chi connectivity index (χ0v) is 6.19. The summed E-state index contributed by atoms with van der Waals surface area (Å²) in [6.07, 6.45) is 1.75. The van der Waals surface area contributed by atoms with Crippen LogP contribution in [0.4, 0.5) is 0 Å². The first kappa shape index (κ1) is 7.54. The number of hydrogen-bond acceptors (Lipinski definition) is 3. The summed E-state index contributed by atoms with van der Waals surface area (Å²) in [6.45, 7) is 0.371. The second-order valence-electron chi connectivity index (χ2n) is 2.16. The summed E-state index contributed by atoms with van der Waals surface area (Å²) in [4.78, 5) is 11.0. The highest BCUT2D eigenvalue weighted by Gasteiger charge is 1.98. The van der Waals surface area contributed by atoms with E-state index >= 15 is 0 Å². The molecule has 5 heteroatoms. The van der Waals surface area contributed by atoms with Crippen molar-refractivity contribution in [3.8, 4) is 6.07 Å². The predicted molar refractivity (Wildman–Crippen MR) is 37.7 cm³/mol. The maximum atomic E-state index is 11.0. The van der Waals surface area contributed by atoms with Gasteiger partial charge in [0.05, 0.1) is 19.0 Å². The standard InChI is InChI=1S/C6H8N4O/c1-9-5-8-10(6(9)11)4-2-3-7/h5H,2,4H2,1H3. The minimum Gasteiger partial charge on any atom is -0.285 e. The number of nitriles is 1. The molecule has 58 valence electrons. The molecule has 0 bridgehead atoms. The molecule has 0 N–H and O–H groups in total. The van der Waals surface area contributed by atoms with E-state index in [0.717, 1.165) is 0 Å². The molecule has 0 unspecified atom stereocenters. The minimum atomic E-state index is -0.180. The van der Waals surface area contributed by atoms with Crippen molar-refractivity contribution < 1.29 is 0 Å². The van der Waals surface area contributed by atoms with Gasteiger partial charge >= 0.3 is 5.69 Å². The van der Waals surface area contributed by atoms with Gasteiger partial charge in [-0.05, 0) is 0 Å². The first-order chi connectivity index (χ1) is 5.25. The SMILES string of the molecule is Cn1cnn(CCC#N)c1=O. The van der Waals surface area contributed by atoms with Gasteiger partial charge in [-0.2, -0.15) is 10.4 Å². The van der Waals surface area contributed by atoms with Crippen LogP contribution in [0.15, 0.2) is 11.1 Å². The molecular weight excluding hydrogens is 144 g/mol. The van der Waals surface area contributed by atoms with E-state index in [0.29, 0.717) is 13.0 Å². The van der Waals surface area contributed by atoms with Crippen LogP contribution >= 0.6 is 0 Å². The Morgan fingerprint density at radius 1 is 1.82 bits per heavy atom. The summed E-state index contributed by atoms with van der Waals surface area (Å²) in [5, 5.41) is 12.0. The van der Waals surface area contributed by atoms with E-state index in [1.54, 1.807) is 7.05 Å². The minimum absolute atomic E-state index is 0.180. The van der Waals surface area contributed by atoms with Gasteiger partial charge in [0.2, 0.25) is 0 Å². The summed E-state index contributed by atoms with van der Waals surface area (Å²) in [6, 6.07) is 1.94. The second-order valence-corrected chi connectivity index (χ2v) is 2.16. The third kappa shape index (κ3) is 1.46. The number of rotatable bonds is 2. The number of nitrogens with zero attached hydrogens (tertiary/aromatic N) is 4. The van der Waals surface area contributed by atoms with Crippen LogP contribution in [-0.2, 0) is 13.6 Å². The van der Waals surface area contributed by atoms with Gasteiger partial charge in [-0.3, -0.25) is 4.57 Å². The molecule has 0 aliphatic rings. The Balaban J connectivity index is 2.81. The number of aryl methyl sites for hydroxylation is 2. The van der Waals surface area contributed by atoms with Crippen LogP contribution in [0, 0.1) is 11.3 Å². The van der Waals surface area contributed by atoms with Crippen molar-refractivity contribution in [2.45, 2.75) is 13.0 Å². The molecule has 5 nitrogen and oxygen atoms in total. The molecule has 1 heterocycles. The third-order valence-corrected chi connectivity index (χ3v) is 1.32. The van der Waals surface area contributed by atoms with Crippen LogP contribution < -0.4 is 5.69 Å². The highest BCUT2D eigenvalue weighted by molar-refractivity contribution is 4.71. The maximum Gasteiger partial charge on any atom is 0.345 e. The molecular formula is C6H8N4O. The van der Waals surface area contributed by atoms with Gasteiger partial charge in [-0.25, -0.2) is 9.48 Å². The molecule has 0 saturated carbocycles. The molecule has 0 spiro atoms. The predicted octanol–water partition coefficient (Wildman–Crippen LogP) is -0.505. The van der Waals surface area contributed by atoms with Gasteiger partial charge in [-0.15, -0.1) is 0 Å². The molecule has 0 aliphatic heterocycles. The Kier molecular flexibility index (Phi) is 2.06. The lowest BCUT2D eigenvalue weighted by atomic mass is 10.5. The van der Waals surface area contributed by atoms with Crippen molar-refractivity contribution >= 4 is 0 Å². The van der Waals surface area contributed by atoms with Gasteiger partial charge in [-0.1, -0.05) is 0 Å². The van der Waals surface area contributed by atoms with Crippen LogP contribution in [0.2, 0.25) is 0 Å². The van der Waals surface area contributed by atoms with Crippen LogP contribution in [0.25, 0.3) is 0 Å². The Hall–Kier alpha value is -1.57. The molecule has 0 atom stereocenters. The average molecular weight is 152 g/mol. The monoisotopic (exact) mass is 152 g/mol. The normalized spacial score (nSPS) is 9.45. The lowest BCUT2D eigenvalue weighted by molar-refractivity contribution is 0.596. The molecule has 1 rings (SSSR count). The van der Waals surface area contributed by atoms with E-state index in [2.05, 4.69) is 5.10 Å². The highest BCUT2D eigenvalue weighted by Crippen LogP contribution is 1.80. The molecule has 1 aromatic heterocycles. The van der Waals surface area contributed by atoms with Crippen molar-refractivity contribution in [2.24, 2.45) is 7.05 Å². The Labute approximate surface area is 63.5 Å². The summed E-state index contributed by atoms with van der Waals surface area (Å²) < 4.78 is 2.64. The van der Waals surface area contributed by atoms with Gasteiger partial charge in [0.25, 0.3) is 0 Å². The molecule has 0 aliphatic carbocycles. The molecule has 0 radical (unpaired) electrons. The topological polar surface area (TPSA) is 63.6 Å². The van der Waals surface area contributed by atoms with E-state index < -0.39 is 0 Å². The molecule has 11 heavy (non-hydrogen) atoms. The van der Waals surface area contributed by atoms with Crippen LogP contribution in [0.5, 0.6) is 0 Å². The summed E-state index contributed by atoms with van der Waals surface area (Å²) >= 11 is 0. The van der Waals surface area contributed by atoms with Crippen LogP contribution in [-0.4, -0.2) is 14.3 Å². The highest BCUT2D eigenvalue weighted by atomic mass is 16.2. The van der Waals surface area contributed by atoms with Crippen molar-refractivity contribution in [3.05, 3.63) is 16.8 Å². The lowest BCUT2D eigenvalue weighted by Gasteiger charge is -1.90. The Morgan fingerprint density at radius 3 is 3.00 bits per heavy atom. The first-order valence-corrected chi connectivity index (χ1v) is 3.21. The quantitative estimate of drug-likeness (QED) is 0.573. The Morgan fingerprint density at radius 2 is 2.55 bits per heavy atom. The fraction of sp³-hybridized carbons (Fsp3) is 0.500. The largest absolute Gasteiger partial charge is 0.345 e. The molecule has 0 aromatic carbocycles. The van der Waals surface area contributed by atoms with Crippen LogP contribution in [0.1, 0.15) is 6.42 Å². The van der Waals surface area contributed by atoms with E-state index in [9.17, 15) is 4.79 Å². The van der Waals surface area contributed by atoms with E-state index in [1.807, 2.05) is 6.07 Å². The van der Waals surface area contributed by atoms with Crippen molar-refractivity contribution in [2.75, 3.05) is 0 Å². The average Bonchev–Trinajstić information content (AvgIpc) is 2.31. The van der Waals surface area contributed by atoms with E-state index in [1.165, 1.54) is 15.6 Å². The zero-order valence-electron chi connectivity index (χ0n) is 6.19. The van der Waals surface area contributed by atoms with Crippen molar-refractivity contribution in [1.29, 1.82) is 5.26 Å². The summed E-state index contributed by atoms with van der Waals surface area (Å²) in [7, 11) is 1.62. The van der Waals surface area contributed by atoms with Gasteiger partial charge in [0, 0.05) is 7.05 Å². The van der Waals surface area contributed by atoms with Crippen LogP contribution in [0.3, 0.4) is 0 Å². The summed E-state index contributed by atoms with van der Waals surface area (Å²) in [5.74, 6) is 0. The molecule has 0 amide bonds. The smallest absolute Gasteiger partial charge is 0.285 e. The first-order valence-electron chi connectivity index (χ1n) is 3.21. The number of aromatic nitrogens is 3. The maximum absolute atomic E-state index is 11.0. The van der Waals surface area contributed by atoms with Crippen molar-refractivity contribution in [1.82, 2.24) is 14.3 Å². The molecule has 0 fully saturated rings. The van der Waals surface area contributed by atoms with Gasteiger partial charge < -0.3 is 0 Å². The van der Waals surface area contributed by atoms with Gasteiger partial charge in [0.1, 0.15) is 6.33 Å². The summed E-state index contributed by atoms with van der Waals surface area (Å²) in [5.41, 5.74) is -0.180. The Bertz CT molecular complexity index is 329. The second kappa shape index (κ2) is 3.01. The van der Waals surface area contributed by atoms with Crippen molar-refractivity contribution in [3.63, 3.8) is 0 Å². The van der Waals surface area contributed by atoms with E-state index in [-0.39, 0.29) is 5.69 Å². The number of hydrogen-bond donors (Lipinski definition) is 0. The fourth-order valence-corrected chi connectivity index (χ4v) is 0.730. The van der Waals surface area contributed by atoms with Gasteiger partial charge in [0.15, 0.2) is 0 Å². The lowest BCUT2D eigenvalue weighted by Crippen LogP contribution is -2.22. The molecule has 0 saturated heterocycles. The fourth-order valence-electron chi connectivity index (χ4n) is 0.730. The molecule has 1 aromatic rings. The third-order valence-electron chi connectivity index (χ3n) is 1.32.